The minimum absolute atomic E-state index is 0.0904. The van der Waals surface area contributed by atoms with E-state index in [2.05, 4.69) is 15.3 Å². The smallest absolute Gasteiger partial charge is 0.275 e. The van der Waals surface area contributed by atoms with Gasteiger partial charge in [-0.1, -0.05) is 24.3 Å². The fraction of sp³-hybridized carbons (Fsp3) is 0.190. The third-order valence-corrected chi connectivity index (χ3v) is 4.79. The van der Waals surface area contributed by atoms with Crippen LogP contribution in [-0.2, 0) is 0 Å². The summed E-state index contributed by atoms with van der Waals surface area (Å²) in [6, 6.07) is 12.7. The third-order valence-electron chi connectivity index (χ3n) is 4.79. The number of benzene rings is 2. The maximum atomic E-state index is 14.0. The summed E-state index contributed by atoms with van der Waals surface area (Å²) in [6.07, 6.45) is 2.89. The molecule has 1 fully saturated rings. The van der Waals surface area contributed by atoms with Crippen molar-refractivity contribution in [2.75, 3.05) is 41.3 Å². The molecule has 0 atom stereocenters. The number of carbonyl (C=O) groups excluding carboxylic acids is 1. The predicted octanol–water partition coefficient (Wildman–Crippen LogP) is 3.33. The second kappa shape index (κ2) is 8.22. The van der Waals surface area contributed by atoms with Crippen LogP contribution in [0, 0.1) is 11.6 Å². The first-order valence-corrected chi connectivity index (χ1v) is 9.24. The molecule has 1 N–H and O–H groups in total. The number of amides is 1. The summed E-state index contributed by atoms with van der Waals surface area (Å²) in [5, 5.41) is 2.48. The number of nitrogens with one attached hydrogen (secondary N) is 1. The Morgan fingerprint density at radius 3 is 2.14 bits per heavy atom. The normalized spacial score (nSPS) is 14.0. The van der Waals surface area contributed by atoms with Crippen LogP contribution in [0.5, 0.6) is 0 Å². The first kappa shape index (κ1) is 18.8. The van der Waals surface area contributed by atoms with Gasteiger partial charge in [0.1, 0.15) is 23.1 Å². The van der Waals surface area contributed by atoms with Crippen molar-refractivity contribution in [1.29, 1.82) is 0 Å². The number of anilines is 3. The van der Waals surface area contributed by atoms with Gasteiger partial charge in [-0.25, -0.2) is 18.7 Å². The van der Waals surface area contributed by atoms with Crippen LogP contribution < -0.4 is 15.1 Å². The van der Waals surface area contributed by atoms with Crippen LogP contribution in [0.4, 0.5) is 26.0 Å². The van der Waals surface area contributed by atoms with E-state index in [1.807, 2.05) is 15.9 Å². The van der Waals surface area contributed by atoms with Crippen LogP contribution in [0.1, 0.15) is 10.5 Å². The number of aromatic nitrogens is 2. The molecule has 0 radical (unpaired) electrons. The molecule has 6 nitrogen and oxygen atoms in total. The molecule has 0 spiro atoms. The van der Waals surface area contributed by atoms with Crippen LogP contribution in [-0.4, -0.2) is 42.1 Å². The van der Waals surface area contributed by atoms with Gasteiger partial charge in [-0.15, -0.1) is 0 Å². The molecule has 1 amide bonds. The quantitative estimate of drug-likeness (QED) is 0.734. The Morgan fingerprint density at radius 1 is 0.828 bits per heavy atom. The molecule has 4 rings (SSSR count). The van der Waals surface area contributed by atoms with Crippen LogP contribution in [0.15, 0.2) is 60.9 Å². The molecule has 0 unspecified atom stereocenters. The van der Waals surface area contributed by atoms with Crippen molar-refractivity contribution in [3.05, 3.63) is 78.3 Å². The maximum absolute atomic E-state index is 14.0. The fourth-order valence-corrected chi connectivity index (χ4v) is 3.24. The van der Waals surface area contributed by atoms with E-state index in [1.165, 1.54) is 30.6 Å². The minimum Gasteiger partial charge on any atom is -0.366 e. The molecule has 1 aliphatic heterocycles. The van der Waals surface area contributed by atoms with E-state index < -0.39 is 11.7 Å². The number of nitrogens with zero attached hydrogens (tertiary/aromatic N) is 4. The summed E-state index contributed by atoms with van der Waals surface area (Å²) in [5.41, 5.74) is 0.785. The molecule has 0 bridgehead atoms. The molecule has 0 saturated carbocycles. The second-order valence-electron chi connectivity index (χ2n) is 6.62. The zero-order valence-corrected chi connectivity index (χ0v) is 15.6. The number of carbonyl (C=O) groups is 1. The molecule has 3 aromatic rings. The Hall–Kier alpha value is -3.55. The van der Waals surface area contributed by atoms with Crippen LogP contribution in [0.2, 0.25) is 0 Å². The Bertz CT molecular complexity index is 1000. The predicted molar refractivity (Wildman–Crippen MR) is 107 cm³/mol. The number of hydrogen-bond donors (Lipinski definition) is 1. The van der Waals surface area contributed by atoms with Gasteiger partial charge < -0.3 is 15.1 Å². The van der Waals surface area contributed by atoms with Crippen LogP contribution in [0.3, 0.4) is 0 Å². The maximum Gasteiger partial charge on any atom is 0.275 e. The SMILES string of the molecule is O=C(Nc1ccccc1F)c1cnc(N2CCN(c3ccccc3F)CC2)cn1. The third kappa shape index (κ3) is 4.16. The Morgan fingerprint density at radius 2 is 1.48 bits per heavy atom. The summed E-state index contributed by atoms with van der Waals surface area (Å²) >= 11 is 0. The van der Waals surface area contributed by atoms with Crippen molar-refractivity contribution in [1.82, 2.24) is 9.97 Å². The molecule has 1 aromatic heterocycles. The van der Waals surface area contributed by atoms with Gasteiger partial charge in [-0.3, -0.25) is 4.79 Å². The van der Waals surface area contributed by atoms with Crippen molar-refractivity contribution in [3.63, 3.8) is 0 Å². The standard InChI is InChI=1S/C21H19F2N5O/c22-15-5-1-3-7-17(15)26-21(29)18-13-25-20(14-24-18)28-11-9-27(10-12-28)19-8-4-2-6-16(19)23/h1-8,13-14H,9-12H2,(H,26,29). The summed E-state index contributed by atoms with van der Waals surface area (Å²) in [7, 11) is 0. The van der Waals surface area contributed by atoms with Gasteiger partial charge in [0.2, 0.25) is 0 Å². The Balaban J connectivity index is 1.38. The Labute approximate surface area is 166 Å². The summed E-state index contributed by atoms with van der Waals surface area (Å²) in [6.45, 7) is 2.61. The highest BCUT2D eigenvalue weighted by atomic mass is 19.1. The monoisotopic (exact) mass is 395 g/mol. The highest BCUT2D eigenvalue weighted by Gasteiger charge is 2.21. The van der Waals surface area contributed by atoms with Crippen molar-refractivity contribution >= 4 is 23.1 Å². The average molecular weight is 395 g/mol. The van der Waals surface area contributed by atoms with E-state index in [0.29, 0.717) is 37.7 Å². The Kier molecular flexibility index (Phi) is 5.33. The summed E-state index contributed by atoms with van der Waals surface area (Å²) in [4.78, 5) is 24.8. The molecule has 2 heterocycles. The lowest BCUT2D eigenvalue weighted by Crippen LogP contribution is -2.47. The molecule has 8 heteroatoms. The van der Waals surface area contributed by atoms with E-state index in [0.717, 1.165) is 0 Å². The number of piperazine rings is 1. The lowest BCUT2D eigenvalue weighted by atomic mass is 10.2. The van der Waals surface area contributed by atoms with E-state index in [4.69, 9.17) is 0 Å². The highest BCUT2D eigenvalue weighted by Crippen LogP contribution is 2.22. The number of rotatable bonds is 4. The zero-order valence-electron chi connectivity index (χ0n) is 15.6. The van der Waals surface area contributed by atoms with Gasteiger partial charge in [-0.2, -0.15) is 0 Å². The summed E-state index contributed by atoms with van der Waals surface area (Å²) in [5.74, 6) is -0.636. The van der Waals surface area contributed by atoms with Crippen LogP contribution in [0.25, 0.3) is 0 Å². The van der Waals surface area contributed by atoms with E-state index in [-0.39, 0.29) is 17.2 Å². The van der Waals surface area contributed by atoms with Gasteiger partial charge in [-0.05, 0) is 24.3 Å². The molecular weight excluding hydrogens is 376 g/mol. The van der Waals surface area contributed by atoms with Crippen molar-refractivity contribution < 1.29 is 13.6 Å². The number of halogens is 2. The van der Waals surface area contributed by atoms with Gasteiger partial charge in [0.05, 0.1) is 23.8 Å². The largest absolute Gasteiger partial charge is 0.366 e. The second-order valence-corrected chi connectivity index (χ2v) is 6.62. The van der Waals surface area contributed by atoms with E-state index in [9.17, 15) is 13.6 Å². The molecule has 0 aliphatic carbocycles. The van der Waals surface area contributed by atoms with E-state index in [1.54, 1.807) is 24.3 Å². The molecule has 2 aromatic carbocycles. The number of para-hydroxylation sites is 2. The molecule has 29 heavy (non-hydrogen) atoms. The molecule has 148 valence electrons. The van der Waals surface area contributed by atoms with Gasteiger partial charge in [0.25, 0.3) is 5.91 Å². The highest BCUT2D eigenvalue weighted by molar-refractivity contribution is 6.02. The average Bonchev–Trinajstić information content (AvgIpc) is 2.76. The van der Waals surface area contributed by atoms with Gasteiger partial charge in [0, 0.05) is 26.2 Å². The minimum atomic E-state index is -0.529. The topological polar surface area (TPSA) is 61.4 Å². The van der Waals surface area contributed by atoms with Gasteiger partial charge in [0.15, 0.2) is 0 Å². The van der Waals surface area contributed by atoms with Crippen molar-refractivity contribution in [3.8, 4) is 0 Å². The van der Waals surface area contributed by atoms with Crippen molar-refractivity contribution in [2.24, 2.45) is 0 Å². The first-order valence-electron chi connectivity index (χ1n) is 9.24. The van der Waals surface area contributed by atoms with E-state index >= 15 is 0 Å². The number of hydrogen-bond acceptors (Lipinski definition) is 5. The summed E-state index contributed by atoms with van der Waals surface area (Å²) < 4.78 is 27.6. The lowest BCUT2D eigenvalue weighted by molar-refractivity contribution is 0.102. The van der Waals surface area contributed by atoms with Gasteiger partial charge >= 0.3 is 0 Å². The molecule has 1 saturated heterocycles. The first-order chi connectivity index (χ1) is 14.1. The zero-order chi connectivity index (χ0) is 20.2. The molecular formula is C21H19F2N5O. The fourth-order valence-electron chi connectivity index (χ4n) is 3.24. The lowest BCUT2D eigenvalue weighted by Gasteiger charge is -2.36. The molecule has 1 aliphatic rings. The van der Waals surface area contributed by atoms with Crippen molar-refractivity contribution in [2.45, 2.75) is 0 Å². The van der Waals surface area contributed by atoms with Crippen LogP contribution >= 0.6 is 0 Å².